The Hall–Kier alpha value is -0.520. The molecule has 1 saturated heterocycles. The molecular weight excluding hydrogens is 335 g/mol. The Bertz CT molecular complexity index is 499. The molecule has 1 aliphatic rings. The van der Waals surface area contributed by atoms with Crippen LogP contribution in [0.2, 0.25) is 0 Å². The normalized spacial score (nSPS) is 18.3. The Morgan fingerprint density at radius 3 is 2.48 bits per heavy atom. The average molecular weight is 352 g/mol. The molecule has 0 saturated carbocycles. The molecule has 4 nitrogen and oxygen atoms in total. The van der Waals surface area contributed by atoms with Gasteiger partial charge in [0.15, 0.2) is 0 Å². The molecule has 1 amide bonds. The van der Waals surface area contributed by atoms with E-state index < -0.39 is 9.96 Å². The van der Waals surface area contributed by atoms with Gasteiger partial charge in [0.1, 0.15) is 6.17 Å². The van der Waals surface area contributed by atoms with Crippen molar-refractivity contribution in [1.29, 1.82) is 0 Å². The lowest BCUT2D eigenvalue weighted by molar-refractivity contribution is 0.00995. The summed E-state index contributed by atoms with van der Waals surface area (Å²) in [6.07, 6.45) is -0.696. The highest BCUT2D eigenvalue weighted by Crippen LogP contribution is 2.32. The first kappa shape index (κ1) is 16.8. The number of alkyl halides is 3. The summed E-state index contributed by atoms with van der Waals surface area (Å²) in [5.74, 6) is -0.254. The van der Waals surface area contributed by atoms with E-state index in [2.05, 4.69) is 5.32 Å². The highest BCUT2D eigenvalue weighted by Gasteiger charge is 2.39. The lowest BCUT2D eigenvalue weighted by atomic mass is 10.1. The second-order valence-corrected chi connectivity index (χ2v) is 7.25. The van der Waals surface area contributed by atoms with Crippen molar-refractivity contribution >= 4 is 40.7 Å². The van der Waals surface area contributed by atoms with Gasteiger partial charge in [-0.3, -0.25) is 9.69 Å². The summed E-state index contributed by atoms with van der Waals surface area (Å²) in [6, 6.07) is 7.30. The third-order valence-electron chi connectivity index (χ3n) is 3.38. The predicted octanol–water partition coefficient (Wildman–Crippen LogP) is 2.75. The fourth-order valence-electron chi connectivity index (χ4n) is 2.25. The molecule has 1 heterocycles. The molecule has 1 aromatic carbocycles. The second-order valence-electron chi connectivity index (χ2n) is 4.88. The van der Waals surface area contributed by atoms with E-state index in [1.54, 1.807) is 12.1 Å². The molecule has 0 aromatic heterocycles. The van der Waals surface area contributed by atoms with Gasteiger partial charge in [0, 0.05) is 18.7 Å². The van der Waals surface area contributed by atoms with Crippen LogP contribution in [0.4, 0.5) is 0 Å². The number of amides is 1. The van der Waals surface area contributed by atoms with Crippen LogP contribution in [0, 0.1) is 6.92 Å². The van der Waals surface area contributed by atoms with E-state index in [-0.39, 0.29) is 5.91 Å². The first-order valence-electron chi connectivity index (χ1n) is 6.64. The monoisotopic (exact) mass is 350 g/mol. The number of nitrogens with zero attached hydrogens (tertiary/aromatic N) is 1. The summed E-state index contributed by atoms with van der Waals surface area (Å²) in [5.41, 5.74) is 1.45. The average Bonchev–Trinajstić information content (AvgIpc) is 2.44. The molecule has 0 bridgehead atoms. The molecule has 1 N–H and O–H groups in total. The Kier molecular flexibility index (Phi) is 5.74. The number of halogens is 3. The number of aryl methyl sites for hydroxylation is 1. The number of carbonyl (C=O) groups is 1. The zero-order valence-corrected chi connectivity index (χ0v) is 13.9. The molecule has 1 fully saturated rings. The van der Waals surface area contributed by atoms with Gasteiger partial charge in [-0.15, -0.1) is 0 Å². The maximum Gasteiger partial charge on any atom is 0.252 e. The van der Waals surface area contributed by atoms with Gasteiger partial charge in [-0.1, -0.05) is 53.0 Å². The van der Waals surface area contributed by atoms with Crippen LogP contribution in [0.3, 0.4) is 0 Å². The summed E-state index contributed by atoms with van der Waals surface area (Å²) in [6.45, 7) is 4.18. The van der Waals surface area contributed by atoms with Crippen molar-refractivity contribution in [3.8, 4) is 0 Å². The van der Waals surface area contributed by atoms with Crippen molar-refractivity contribution in [2.75, 3.05) is 26.3 Å². The van der Waals surface area contributed by atoms with Crippen molar-refractivity contribution in [2.24, 2.45) is 0 Å². The molecule has 0 aliphatic carbocycles. The van der Waals surface area contributed by atoms with Gasteiger partial charge < -0.3 is 10.1 Å². The van der Waals surface area contributed by atoms with Crippen molar-refractivity contribution in [3.63, 3.8) is 0 Å². The van der Waals surface area contributed by atoms with Crippen molar-refractivity contribution < 1.29 is 9.53 Å². The number of benzene rings is 1. The van der Waals surface area contributed by atoms with Crippen LogP contribution in [-0.4, -0.2) is 47.1 Å². The number of rotatable bonds is 3. The Morgan fingerprint density at radius 1 is 1.29 bits per heavy atom. The van der Waals surface area contributed by atoms with Gasteiger partial charge in [0.2, 0.25) is 3.79 Å². The summed E-state index contributed by atoms with van der Waals surface area (Å²) in [7, 11) is 0. The summed E-state index contributed by atoms with van der Waals surface area (Å²) in [4.78, 5) is 14.3. The minimum absolute atomic E-state index is 0.254. The second kappa shape index (κ2) is 7.16. The van der Waals surface area contributed by atoms with Crippen molar-refractivity contribution in [1.82, 2.24) is 10.2 Å². The van der Waals surface area contributed by atoms with Gasteiger partial charge in [-0.05, 0) is 18.6 Å². The minimum atomic E-state index is -1.62. The van der Waals surface area contributed by atoms with E-state index in [1.165, 1.54) is 0 Å². The number of morpholine rings is 1. The fourth-order valence-corrected chi connectivity index (χ4v) is 2.82. The third-order valence-corrected chi connectivity index (χ3v) is 4.00. The molecule has 0 radical (unpaired) electrons. The van der Waals surface area contributed by atoms with E-state index in [4.69, 9.17) is 39.5 Å². The SMILES string of the molecule is Cc1ccccc1C(=O)N[C@@H](N1CCOCC1)C(Cl)(Cl)Cl. The summed E-state index contributed by atoms with van der Waals surface area (Å²) >= 11 is 18.1. The largest absolute Gasteiger partial charge is 0.379 e. The van der Waals surface area contributed by atoms with E-state index >= 15 is 0 Å². The quantitative estimate of drug-likeness (QED) is 0.852. The number of hydrogen-bond donors (Lipinski definition) is 1. The number of carbonyl (C=O) groups excluding carboxylic acids is 1. The van der Waals surface area contributed by atoms with E-state index in [0.29, 0.717) is 31.9 Å². The standard InChI is InChI=1S/C14H17Cl3N2O2/c1-10-4-2-3-5-11(10)12(20)18-13(14(15,16)17)19-6-8-21-9-7-19/h2-5,13H,6-9H2,1H3,(H,18,20)/t13-/m0/s1. The number of hydrogen-bond acceptors (Lipinski definition) is 3. The van der Waals surface area contributed by atoms with Gasteiger partial charge in [-0.25, -0.2) is 0 Å². The molecule has 1 atom stereocenters. The highest BCUT2D eigenvalue weighted by atomic mass is 35.6. The third kappa shape index (κ3) is 4.47. The lowest BCUT2D eigenvalue weighted by Gasteiger charge is -2.38. The fraction of sp³-hybridized carbons (Fsp3) is 0.500. The Balaban J connectivity index is 2.15. The molecular formula is C14H17Cl3N2O2. The van der Waals surface area contributed by atoms with Crippen LogP contribution in [0.15, 0.2) is 24.3 Å². The molecule has 2 rings (SSSR count). The van der Waals surface area contributed by atoms with Crippen LogP contribution in [0.5, 0.6) is 0 Å². The van der Waals surface area contributed by atoms with Crippen LogP contribution in [-0.2, 0) is 4.74 Å². The van der Waals surface area contributed by atoms with Crippen LogP contribution < -0.4 is 5.32 Å². The lowest BCUT2D eigenvalue weighted by Crippen LogP contribution is -2.58. The molecule has 1 aromatic rings. The van der Waals surface area contributed by atoms with Gasteiger partial charge in [0.25, 0.3) is 5.91 Å². The van der Waals surface area contributed by atoms with Gasteiger partial charge >= 0.3 is 0 Å². The zero-order valence-electron chi connectivity index (χ0n) is 11.6. The molecule has 0 spiro atoms. The predicted molar refractivity (Wildman–Crippen MR) is 85.1 cm³/mol. The molecule has 0 unspecified atom stereocenters. The van der Waals surface area contributed by atoms with Crippen molar-refractivity contribution in [2.45, 2.75) is 16.9 Å². The summed E-state index contributed by atoms with van der Waals surface area (Å²) in [5, 5.41) is 2.82. The number of ether oxygens (including phenoxy) is 1. The number of nitrogens with one attached hydrogen (secondary N) is 1. The van der Waals surface area contributed by atoms with Gasteiger partial charge in [0.05, 0.1) is 13.2 Å². The molecule has 7 heteroatoms. The molecule has 21 heavy (non-hydrogen) atoms. The van der Waals surface area contributed by atoms with Gasteiger partial charge in [-0.2, -0.15) is 0 Å². The topological polar surface area (TPSA) is 41.6 Å². The van der Waals surface area contributed by atoms with E-state index in [9.17, 15) is 4.79 Å². The molecule has 116 valence electrons. The van der Waals surface area contributed by atoms with E-state index in [1.807, 2.05) is 24.0 Å². The van der Waals surface area contributed by atoms with Crippen LogP contribution in [0.1, 0.15) is 15.9 Å². The maximum absolute atomic E-state index is 12.4. The zero-order chi connectivity index (χ0) is 15.5. The van der Waals surface area contributed by atoms with Crippen LogP contribution in [0.25, 0.3) is 0 Å². The van der Waals surface area contributed by atoms with Crippen molar-refractivity contribution in [3.05, 3.63) is 35.4 Å². The first-order valence-corrected chi connectivity index (χ1v) is 7.78. The minimum Gasteiger partial charge on any atom is -0.379 e. The smallest absolute Gasteiger partial charge is 0.252 e. The van der Waals surface area contributed by atoms with E-state index in [0.717, 1.165) is 5.56 Å². The highest BCUT2D eigenvalue weighted by molar-refractivity contribution is 6.68. The Labute approximate surface area is 139 Å². The Morgan fingerprint density at radius 2 is 1.90 bits per heavy atom. The first-order chi connectivity index (χ1) is 9.89. The summed E-state index contributed by atoms with van der Waals surface area (Å²) < 4.78 is 3.67. The molecule has 1 aliphatic heterocycles. The maximum atomic E-state index is 12.4. The van der Waals surface area contributed by atoms with Crippen LogP contribution >= 0.6 is 34.8 Å².